The highest BCUT2D eigenvalue weighted by Gasteiger charge is 2.12. The number of aromatic nitrogens is 1. The minimum absolute atomic E-state index is 0.208. The number of benzene rings is 2. The van der Waals surface area contributed by atoms with E-state index in [4.69, 9.17) is 0 Å². The third kappa shape index (κ3) is 2.11. The summed E-state index contributed by atoms with van der Waals surface area (Å²) in [7, 11) is 0. The van der Waals surface area contributed by atoms with Gasteiger partial charge in [0.25, 0.3) is 0 Å². The number of halogens is 1. The summed E-state index contributed by atoms with van der Waals surface area (Å²) in [5.41, 5.74) is 5.81. The minimum atomic E-state index is -0.208. The monoisotopic (exact) mass is 278 g/mol. The fraction of sp³-hybridized carbons (Fsp3) is 0.111. The number of rotatable bonds is 2. The van der Waals surface area contributed by atoms with Crippen LogP contribution >= 0.6 is 0 Å². The van der Waals surface area contributed by atoms with Gasteiger partial charge in [0, 0.05) is 24.1 Å². The summed E-state index contributed by atoms with van der Waals surface area (Å²) >= 11 is 0. The fourth-order valence-corrected chi connectivity index (χ4v) is 2.90. The molecule has 0 bridgehead atoms. The predicted octanol–water partition coefficient (Wildman–Crippen LogP) is 4.25. The predicted molar refractivity (Wildman–Crippen MR) is 83.4 cm³/mol. The quantitative estimate of drug-likeness (QED) is 0.741. The third-order valence-electron chi connectivity index (χ3n) is 3.97. The molecule has 0 radical (unpaired) electrons. The first kappa shape index (κ1) is 12.2. The van der Waals surface area contributed by atoms with Gasteiger partial charge < -0.3 is 9.88 Å². The van der Waals surface area contributed by atoms with Gasteiger partial charge in [0.15, 0.2) is 0 Å². The summed E-state index contributed by atoms with van der Waals surface area (Å²) in [6.45, 7) is 1.01. The van der Waals surface area contributed by atoms with Crippen molar-refractivity contribution in [1.29, 1.82) is 0 Å². The molecule has 2 heterocycles. The van der Waals surface area contributed by atoms with Gasteiger partial charge in [0.05, 0.1) is 5.69 Å². The molecule has 104 valence electrons. The van der Waals surface area contributed by atoms with Crippen LogP contribution in [0, 0.1) is 5.82 Å². The SMILES string of the molecule is Fc1ccc(-c2cccn2-c2ccc3c(c2)CCN3)cc1. The molecule has 2 nitrogen and oxygen atoms in total. The van der Waals surface area contributed by atoms with Crippen molar-refractivity contribution in [3.63, 3.8) is 0 Å². The van der Waals surface area contributed by atoms with E-state index in [9.17, 15) is 4.39 Å². The van der Waals surface area contributed by atoms with Crippen molar-refractivity contribution >= 4 is 5.69 Å². The van der Waals surface area contributed by atoms with Crippen LogP contribution < -0.4 is 5.32 Å². The van der Waals surface area contributed by atoms with Gasteiger partial charge in [-0.2, -0.15) is 0 Å². The molecule has 1 aliphatic rings. The highest BCUT2D eigenvalue weighted by molar-refractivity contribution is 5.65. The Hall–Kier alpha value is -2.55. The molecule has 21 heavy (non-hydrogen) atoms. The number of anilines is 1. The maximum atomic E-state index is 13.1. The van der Waals surface area contributed by atoms with E-state index in [1.54, 1.807) is 0 Å². The molecular weight excluding hydrogens is 263 g/mol. The van der Waals surface area contributed by atoms with Crippen LogP contribution in [0.25, 0.3) is 16.9 Å². The maximum absolute atomic E-state index is 13.1. The van der Waals surface area contributed by atoms with E-state index in [1.165, 1.54) is 23.4 Å². The van der Waals surface area contributed by atoms with Crippen LogP contribution in [-0.2, 0) is 6.42 Å². The van der Waals surface area contributed by atoms with Gasteiger partial charge in [-0.3, -0.25) is 0 Å². The molecule has 0 aliphatic carbocycles. The number of hydrogen-bond donors (Lipinski definition) is 1. The average molecular weight is 278 g/mol. The Kier molecular flexibility index (Phi) is 2.78. The van der Waals surface area contributed by atoms with Gasteiger partial charge in [-0.15, -0.1) is 0 Å². The molecule has 0 saturated heterocycles. The minimum Gasteiger partial charge on any atom is -0.384 e. The maximum Gasteiger partial charge on any atom is 0.123 e. The Bertz CT molecular complexity index is 787. The topological polar surface area (TPSA) is 17.0 Å². The molecule has 1 aliphatic heterocycles. The van der Waals surface area contributed by atoms with E-state index < -0.39 is 0 Å². The second-order valence-electron chi connectivity index (χ2n) is 5.29. The molecule has 0 saturated carbocycles. The van der Waals surface area contributed by atoms with E-state index in [0.717, 1.165) is 29.9 Å². The lowest BCUT2D eigenvalue weighted by Crippen LogP contribution is -1.96. The summed E-state index contributed by atoms with van der Waals surface area (Å²) in [5.74, 6) is -0.208. The molecule has 0 atom stereocenters. The zero-order valence-electron chi connectivity index (χ0n) is 11.5. The molecule has 3 aromatic rings. The first-order chi connectivity index (χ1) is 10.3. The van der Waals surface area contributed by atoms with Crippen LogP contribution in [0.3, 0.4) is 0 Å². The summed E-state index contributed by atoms with van der Waals surface area (Å²) in [5, 5.41) is 3.37. The molecule has 1 N–H and O–H groups in total. The number of nitrogens with zero attached hydrogens (tertiary/aromatic N) is 1. The van der Waals surface area contributed by atoms with Gasteiger partial charge >= 0.3 is 0 Å². The van der Waals surface area contributed by atoms with Crippen molar-refractivity contribution < 1.29 is 4.39 Å². The Morgan fingerprint density at radius 2 is 1.86 bits per heavy atom. The Morgan fingerprint density at radius 3 is 2.71 bits per heavy atom. The van der Waals surface area contributed by atoms with Crippen LogP contribution in [0.4, 0.5) is 10.1 Å². The van der Waals surface area contributed by atoms with Gasteiger partial charge in [-0.25, -0.2) is 4.39 Å². The normalized spacial score (nSPS) is 13.0. The van der Waals surface area contributed by atoms with Crippen molar-refractivity contribution in [1.82, 2.24) is 4.57 Å². The molecule has 2 aromatic carbocycles. The molecule has 3 heteroatoms. The summed E-state index contributed by atoms with van der Waals surface area (Å²) in [4.78, 5) is 0. The second kappa shape index (κ2) is 4.77. The van der Waals surface area contributed by atoms with Crippen LogP contribution in [0.5, 0.6) is 0 Å². The highest BCUT2D eigenvalue weighted by atomic mass is 19.1. The van der Waals surface area contributed by atoms with Crippen molar-refractivity contribution in [3.05, 3.63) is 72.2 Å². The van der Waals surface area contributed by atoms with Crippen LogP contribution in [0.1, 0.15) is 5.56 Å². The lowest BCUT2D eigenvalue weighted by atomic mass is 10.1. The second-order valence-corrected chi connectivity index (χ2v) is 5.29. The van der Waals surface area contributed by atoms with Crippen molar-refractivity contribution in [3.8, 4) is 16.9 Å². The number of fused-ring (bicyclic) bond motifs is 1. The van der Waals surface area contributed by atoms with Crippen molar-refractivity contribution in [2.24, 2.45) is 0 Å². The number of nitrogens with one attached hydrogen (secondary N) is 1. The summed E-state index contributed by atoms with van der Waals surface area (Å²) < 4.78 is 15.2. The van der Waals surface area contributed by atoms with E-state index in [2.05, 4.69) is 34.1 Å². The molecule has 0 spiro atoms. The lowest BCUT2D eigenvalue weighted by molar-refractivity contribution is 0.628. The van der Waals surface area contributed by atoms with Crippen LogP contribution in [-0.4, -0.2) is 11.1 Å². The summed E-state index contributed by atoms with van der Waals surface area (Å²) in [6, 6.07) is 17.2. The molecule has 1 aromatic heterocycles. The largest absolute Gasteiger partial charge is 0.384 e. The zero-order valence-corrected chi connectivity index (χ0v) is 11.5. The number of hydrogen-bond acceptors (Lipinski definition) is 1. The molecular formula is C18H15FN2. The van der Waals surface area contributed by atoms with Gasteiger partial charge in [-0.1, -0.05) is 0 Å². The molecule has 0 unspecified atom stereocenters. The molecule has 4 rings (SSSR count). The zero-order chi connectivity index (χ0) is 14.2. The average Bonchev–Trinajstić information content (AvgIpc) is 3.16. The van der Waals surface area contributed by atoms with Crippen molar-refractivity contribution in [2.75, 3.05) is 11.9 Å². The third-order valence-corrected chi connectivity index (χ3v) is 3.97. The summed E-state index contributed by atoms with van der Waals surface area (Å²) in [6.07, 6.45) is 3.11. The Morgan fingerprint density at radius 1 is 1.00 bits per heavy atom. The van der Waals surface area contributed by atoms with Gasteiger partial charge in [-0.05, 0) is 72.1 Å². The van der Waals surface area contributed by atoms with E-state index >= 15 is 0 Å². The Labute approximate surface area is 122 Å². The van der Waals surface area contributed by atoms with E-state index in [0.29, 0.717) is 0 Å². The molecule has 0 amide bonds. The van der Waals surface area contributed by atoms with E-state index in [-0.39, 0.29) is 5.82 Å². The highest BCUT2D eigenvalue weighted by Crippen LogP contribution is 2.28. The van der Waals surface area contributed by atoms with Crippen LogP contribution in [0.15, 0.2) is 60.8 Å². The first-order valence-corrected chi connectivity index (χ1v) is 7.12. The van der Waals surface area contributed by atoms with E-state index in [1.807, 2.05) is 24.4 Å². The Balaban J connectivity index is 1.80. The standard InChI is InChI=1S/C18H15FN2/c19-15-5-3-13(4-6-15)18-2-1-11-21(18)16-7-8-17-14(12-16)9-10-20-17/h1-8,11-12,20H,9-10H2. The molecule has 0 fully saturated rings. The van der Waals surface area contributed by atoms with Crippen molar-refractivity contribution in [2.45, 2.75) is 6.42 Å². The first-order valence-electron chi connectivity index (χ1n) is 7.12. The smallest absolute Gasteiger partial charge is 0.123 e. The van der Waals surface area contributed by atoms with Gasteiger partial charge in [0.1, 0.15) is 5.82 Å². The fourth-order valence-electron chi connectivity index (χ4n) is 2.90. The van der Waals surface area contributed by atoms with Gasteiger partial charge in [0.2, 0.25) is 0 Å². The lowest BCUT2D eigenvalue weighted by Gasteiger charge is -2.11. The van der Waals surface area contributed by atoms with Crippen LogP contribution in [0.2, 0.25) is 0 Å².